The van der Waals surface area contributed by atoms with Crippen molar-refractivity contribution < 1.29 is 17.9 Å². The highest BCUT2D eigenvalue weighted by molar-refractivity contribution is 6.77. The summed E-state index contributed by atoms with van der Waals surface area (Å²) in [4.78, 5) is 18.1. The van der Waals surface area contributed by atoms with E-state index in [0.29, 0.717) is 10.9 Å². The molecule has 10 heteroatoms. The number of fused-ring (bicyclic) bond motifs is 5. The van der Waals surface area contributed by atoms with Crippen LogP contribution in [0, 0.1) is 11.6 Å². The number of pyridine rings is 1. The van der Waals surface area contributed by atoms with Gasteiger partial charge in [-0.15, -0.1) is 0 Å². The Balaban J connectivity index is 1.54. The molecule has 2 aromatic heterocycles. The summed E-state index contributed by atoms with van der Waals surface area (Å²) in [5.41, 5.74) is 1.06. The van der Waals surface area contributed by atoms with Gasteiger partial charge in [-0.1, -0.05) is 6.07 Å². The predicted molar refractivity (Wildman–Crippen MR) is 114 cm³/mol. The normalized spacial score (nSPS) is 19.3. The van der Waals surface area contributed by atoms with Gasteiger partial charge in [-0.25, -0.2) is 8.78 Å². The zero-order chi connectivity index (χ0) is 22.4. The van der Waals surface area contributed by atoms with Gasteiger partial charge in [0.05, 0.1) is 22.1 Å². The summed E-state index contributed by atoms with van der Waals surface area (Å²) in [5.74, 6) is -1.83. The Hall–Kier alpha value is -3.55. The number of nitrogens with zero attached hydrogens (tertiary/aromatic N) is 4. The minimum absolute atomic E-state index is 0.0178. The number of benzene rings is 2. The lowest BCUT2D eigenvalue weighted by atomic mass is 9.37. The first-order chi connectivity index (χ1) is 15.3. The molecule has 0 bridgehead atoms. The minimum Gasteiger partial charge on any atom is -0.335 e. The second kappa shape index (κ2) is 6.25. The van der Waals surface area contributed by atoms with Gasteiger partial charge in [-0.2, -0.15) is 5.10 Å². The van der Waals surface area contributed by atoms with E-state index in [1.54, 1.807) is 30.1 Å². The van der Waals surface area contributed by atoms with Crippen molar-refractivity contribution in [2.75, 3.05) is 0 Å². The summed E-state index contributed by atoms with van der Waals surface area (Å²) >= 11 is 0. The molecule has 154 valence electrons. The molecule has 5 nitrogen and oxygen atoms in total. The highest BCUT2D eigenvalue weighted by Crippen LogP contribution is 2.42. The Morgan fingerprint density at radius 3 is 2.78 bits per heavy atom. The number of amides is 1. The zero-order valence-corrected chi connectivity index (χ0v) is 16.8. The Labute approximate surface area is 182 Å². The molecule has 2 radical (unpaired) electrons. The summed E-state index contributed by atoms with van der Waals surface area (Å²) < 4.78 is 47.6. The van der Waals surface area contributed by atoms with Crippen molar-refractivity contribution in [1.82, 2.24) is 19.7 Å². The fourth-order valence-corrected chi connectivity index (χ4v) is 4.79. The summed E-state index contributed by atoms with van der Waals surface area (Å²) in [6, 6.07) is 8.46. The second-order valence-corrected chi connectivity index (χ2v) is 8.20. The maximum Gasteiger partial charge on any atom is 0.404 e. The molecule has 2 aromatic carbocycles. The molecule has 2 aliphatic heterocycles. The molecular weight excluding hydrogens is 415 g/mol. The molecule has 4 aromatic rings. The molecule has 1 amide bonds. The van der Waals surface area contributed by atoms with Crippen LogP contribution in [0.25, 0.3) is 22.0 Å². The van der Waals surface area contributed by atoms with E-state index in [2.05, 4.69) is 10.1 Å². The SMILES string of the molecule is [B]C12B(F)c3cc(-c4cc5cn(C)nc5cc4F)cc(F)c3CN1C(=O)c1cccnc12. The van der Waals surface area contributed by atoms with Crippen LogP contribution in [0.4, 0.5) is 13.1 Å². The molecule has 0 aliphatic carbocycles. The van der Waals surface area contributed by atoms with Crippen molar-refractivity contribution in [2.24, 2.45) is 7.05 Å². The number of aromatic nitrogens is 3. The second-order valence-electron chi connectivity index (χ2n) is 8.20. The van der Waals surface area contributed by atoms with Crippen LogP contribution in [-0.2, 0) is 18.9 Å². The maximum atomic E-state index is 16.0. The lowest BCUT2D eigenvalue weighted by Crippen LogP contribution is -2.63. The third-order valence-corrected chi connectivity index (χ3v) is 6.33. The Kier molecular flexibility index (Phi) is 3.74. The van der Waals surface area contributed by atoms with E-state index in [0.717, 1.165) is 11.0 Å². The predicted octanol–water partition coefficient (Wildman–Crippen LogP) is 2.61. The van der Waals surface area contributed by atoms with E-state index in [9.17, 15) is 9.18 Å². The number of rotatable bonds is 1. The average molecular weight is 428 g/mol. The third kappa shape index (κ3) is 2.35. The van der Waals surface area contributed by atoms with Gasteiger partial charge in [0, 0.05) is 48.6 Å². The van der Waals surface area contributed by atoms with E-state index in [4.69, 9.17) is 7.85 Å². The van der Waals surface area contributed by atoms with Gasteiger partial charge in [0.15, 0.2) is 0 Å². The van der Waals surface area contributed by atoms with Gasteiger partial charge in [-0.3, -0.25) is 14.5 Å². The number of halogens is 3. The van der Waals surface area contributed by atoms with Crippen molar-refractivity contribution in [3.8, 4) is 11.1 Å². The molecule has 1 atom stereocenters. The molecular formula is C22H13B2F3N4O. The fourth-order valence-electron chi connectivity index (χ4n) is 4.79. The monoisotopic (exact) mass is 428 g/mol. The Morgan fingerprint density at radius 1 is 1.16 bits per heavy atom. The number of hydrogen-bond acceptors (Lipinski definition) is 3. The lowest BCUT2D eigenvalue weighted by Gasteiger charge is -2.42. The lowest BCUT2D eigenvalue weighted by molar-refractivity contribution is 0.0715. The van der Waals surface area contributed by atoms with Crippen LogP contribution in [0.15, 0.2) is 48.8 Å². The minimum atomic E-state index is -1.95. The van der Waals surface area contributed by atoms with Gasteiger partial charge in [0.25, 0.3) is 5.91 Å². The Morgan fingerprint density at radius 2 is 1.97 bits per heavy atom. The molecule has 0 N–H and O–H groups in total. The van der Waals surface area contributed by atoms with Crippen molar-refractivity contribution in [1.29, 1.82) is 0 Å². The van der Waals surface area contributed by atoms with Gasteiger partial charge in [-0.05, 0) is 35.3 Å². The molecule has 0 fully saturated rings. The summed E-state index contributed by atoms with van der Waals surface area (Å²) in [5, 5.41) is 2.97. The van der Waals surface area contributed by atoms with E-state index < -0.39 is 29.9 Å². The largest absolute Gasteiger partial charge is 0.404 e. The van der Waals surface area contributed by atoms with Crippen LogP contribution in [0.2, 0.25) is 0 Å². The average Bonchev–Trinajstić information content (AvgIpc) is 3.23. The van der Waals surface area contributed by atoms with E-state index >= 15 is 8.71 Å². The first kappa shape index (κ1) is 19.2. The standard InChI is InChI=1S/C22H13B2F3N4O/c1-30-9-12-5-14(18(26)8-19(12)29-30)11-6-16-15(17(25)7-11)10-31-21(32)13-3-2-4-28-20(13)22(31,23)24(16)27/h2-9H,10H2,1H3. The summed E-state index contributed by atoms with van der Waals surface area (Å²) in [6.07, 6.45) is 3.15. The molecule has 0 spiro atoms. The molecule has 32 heavy (non-hydrogen) atoms. The van der Waals surface area contributed by atoms with Crippen LogP contribution in [0.1, 0.15) is 21.6 Å². The molecule has 6 rings (SSSR count). The highest BCUT2D eigenvalue weighted by Gasteiger charge is 2.58. The quantitative estimate of drug-likeness (QED) is 0.439. The number of carbonyl (C=O) groups is 1. The third-order valence-electron chi connectivity index (χ3n) is 6.33. The molecule has 0 saturated heterocycles. The van der Waals surface area contributed by atoms with Crippen LogP contribution in [0.5, 0.6) is 0 Å². The zero-order valence-electron chi connectivity index (χ0n) is 16.8. The van der Waals surface area contributed by atoms with Crippen molar-refractivity contribution in [3.05, 3.63) is 77.2 Å². The van der Waals surface area contributed by atoms with Gasteiger partial charge >= 0.3 is 6.99 Å². The summed E-state index contributed by atoms with van der Waals surface area (Å²) in [7, 11) is 8.14. The van der Waals surface area contributed by atoms with Crippen molar-refractivity contribution in [2.45, 2.75) is 11.9 Å². The van der Waals surface area contributed by atoms with Gasteiger partial charge < -0.3 is 9.22 Å². The van der Waals surface area contributed by atoms with Crippen LogP contribution >= 0.6 is 0 Å². The molecule has 4 heterocycles. The number of aryl methyl sites for hydroxylation is 1. The van der Waals surface area contributed by atoms with E-state index in [1.165, 1.54) is 24.4 Å². The maximum absolute atomic E-state index is 16.0. The van der Waals surface area contributed by atoms with Crippen LogP contribution < -0.4 is 5.46 Å². The van der Waals surface area contributed by atoms with Gasteiger partial charge in [0.2, 0.25) is 0 Å². The first-order valence-corrected chi connectivity index (χ1v) is 9.95. The topological polar surface area (TPSA) is 51.0 Å². The van der Waals surface area contributed by atoms with Crippen molar-refractivity contribution in [3.63, 3.8) is 0 Å². The van der Waals surface area contributed by atoms with E-state index in [1.807, 2.05) is 0 Å². The molecule has 0 saturated carbocycles. The van der Waals surface area contributed by atoms with Crippen LogP contribution in [-0.4, -0.2) is 40.4 Å². The number of hydrogen-bond donors (Lipinski definition) is 0. The fraction of sp³-hybridized carbons (Fsp3) is 0.136. The summed E-state index contributed by atoms with van der Waals surface area (Å²) in [6.45, 7) is -2.16. The molecule has 1 unspecified atom stereocenters. The number of carbonyl (C=O) groups excluding carboxylic acids is 1. The van der Waals surface area contributed by atoms with Crippen molar-refractivity contribution >= 4 is 37.1 Å². The Bertz CT molecular complexity index is 1470. The van der Waals surface area contributed by atoms with Crippen LogP contribution in [0.3, 0.4) is 0 Å². The molecule has 2 aliphatic rings. The van der Waals surface area contributed by atoms with E-state index in [-0.39, 0.29) is 40.0 Å². The first-order valence-electron chi connectivity index (χ1n) is 9.95. The van der Waals surface area contributed by atoms with Gasteiger partial charge in [0.1, 0.15) is 19.5 Å². The highest BCUT2D eigenvalue weighted by atomic mass is 19.1. The smallest absolute Gasteiger partial charge is 0.335 e.